The van der Waals surface area contributed by atoms with Crippen molar-refractivity contribution in [3.8, 4) is 11.6 Å². The van der Waals surface area contributed by atoms with E-state index in [1.54, 1.807) is 13.2 Å². The third kappa shape index (κ3) is 4.05. The topological polar surface area (TPSA) is 63.2 Å². The highest BCUT2D eigenvalue weighted by molar-refractivity contribution is 5.77. The summed E-state index contributed by atoms with van der Waals surface area (Å²) in [6.07, 6.45) is 1.68. The van der Waals surface area contributed by atoms with E-state index in [4.69, 9.17) is 4.74 Å². The molecule has 0 bridgehead atoms. The fourth-order valence-electron chi connectivity index (χ4n) is 2.12. The van der Waals surface area contributed by atoms with Crippen LogP contribution in [0.1, 0.15) is 16.7 Å². The van der Waals surface area contributed by atoms with E-state index in [0.29, 0.717) is 12.4 Å². The molecular weight excluding hydrogens is 278 g/mol. The molecule has 0 atom stereocenters. The number of hydrogen-bond donors (Lipinski definition) is 2. The van der Waals surface area contributed by atoms with Gasteiger partial charge in [0, 0.05) is 18.3 Å². The lowest BCUT2D eigenvalue weighted by atomic mass is 10.1. The molecule has 0 aliphatic heterocycles. The van der Waals surface area contributed by atoms with Crippen molar-refractivity contribution >= 4 is 5.91 Å². The van der Waals surface area contributed by atoms with Crippen LogP contribution < -0.4 is 15.4 Å². The van der Waals surface area contributed by atoms with Crippen LogP contribution in [0.4, 0.5) is 0 Å². The van der Waals surface area contributed by atoms with Gasteiger partial charge in [0.1, 0.15) is 5.75 Å². The van der Waals surface area contributed by atoms with Gasteiger partial charge in [0.05, 0.1) is 6.54 Å². The van der Waals surface area contributed by atoms with Gasteiger partial charge in [-0.05, 0) is 38.1 Å². The highest BCUT2D eigenvalue weighted by Crippen LogP contribution is 2.29. The number of amides is 1. The Kier molecular flexibility index (Phi) is 5.49. The minimum Gasteiger partial charge on any atom is -0.438 e. The molecular formula is C17H21N3O2. The van der Waals surface area contributed by atoms with Crippen molar-refractivity contribution in [1.82, 2.24) is 15.6 Å². The largest absolute Gasteiger partial charge is 0.438 e. The van der Waals surface area contributed by atoms with Gasteiger partial charge in [-0.25, -0.2) is 4.98 Å². The molecule has 2 N–H and O–H groups in total. The monoisotopic (exact) mass is 299 g/mol. The van der Waals surface area contributed by atoms with Crippen LogP contribution in [-0.4, -0.2) is 24.5 Å². The second kappa shape index (κ2) is 7.56. The Morgan fingerprint density at radius 3 is 2.59 bits per heavy atom. The Morgan fingerprint density at radius 1 is 1.18 bits per heavy atom. The van der Waals surface area contributed by atoms with E-state index in [0.717, 1.165) is 22.4 Å². The second-order valence-electron chi connectivity index (χ2n) is 5.10. The molecule has 22 heavy (non-hydrogen) atoms. The number of aromatic nitrogens is 1. The number of ether oxygens (including phenoxy) is 1. The molecule has 1 aromatic heterocycles. The van der Waals surface area contributed by atoms with E-state index in [2.05, 4.69) is 15.6 Å². The molecule has 2 aromatic rings. The SMILES string of the molecule is CNCC(=O)NCc1cccnc1Oc1c(C)cccc1C. The predicted molar refractivity (Wildman–Crippen MR) is 86.0 cm³/mol. The van der Waals surface area contributed by atoms with Gasteiger partial charge >= 0.3 is 0 Å². The second-order valence-corrected chi connectivity index (χ2v) is 5.10. The molecule has 0 aliphatic rings. The number of nitrogens with zero attached hydrogens (tertiary/aromatic N) is 1. The summed E-state index contributed by atoms with van der Waals surface area (Å²) in [5.74, 6) is 1.26. The van der Waals surface area contributed by atoms with Crippen LogP contribution in [0.5, 0.6) is 11.6 Å². The summed E-state index contributed by atoms with van der Waals surface area (Å²) in [5, 5.41) is 5.65. The van der Waals surface area contributed by atoms with E-state index in [9.17, 15) is 4.79 Å². The summed E-state index contributed by atoms with van der Waals surface area (Å²) in [5.41, 5.74) is 2.95. The normalized spacial score (nSPS) is 10.3. The molecule has 116 valence electrons. The van der Waals surface area contributed by atoms with Crippen molar-refractivity contribution in [1.29, 1.82) is 0 Å². The first-order valence-corrected chi connectivity index (χ1v) is 7.21. The molecule has 0 aliphatic carbocycles. The maximum Gasteiger partial charge on any atom is 0.234 e. The first kappa shape index (κ1) is 16.0. The van der Waals surface area contributed by atoms with E-state index in [1.807, 2.05) is 44.2 Å². The summed E-state index contributed by atoms with van der Waals surface area (Å²) in [4.78, 5) is 15.9. The highest BCUT2D eigenvalue weighted by Gasteiger charge is 2.10. The van der Waals surface area contributed by atoms with Crippen molar-refractivity contribution in [3.05, 3.63) is 53.2 Å². The molecule has 0 unspecified atom stereocenters. The molecule has 0 saturated carbocycles. The van der Waals surface area contributed by atoms with E-state index in [-0.39, 0.29) is 12.5 Å². The van der Waals surface area contributed by atoms with Crippen molar-refractivity contribution in [2.45, 2.75) is 20.4 Å². The molecule has 5 nitrogen and oxygen atoms in total. The first-order chi connectivity index (χ1) is 10.6. The Labute approximate surface area is 130 Å². The number of pyridine rings is 1. The summed E-state index contributed by atoms with van der Waals surface area (Å²) in [6.45, 7) is 4.67. The predicted octanol–water partition coefficient (Wildman–Crippen LogP) is 2.33. The Balaban J connectivity index is 2.16. The zero-order valence-corrected chi connectivity index (χ0v) is 13.1. The minimum atomic E-state index is -0.0654. The molecule has 0 radical (unpaired) electrons. The molecule has 5 heteroatoms. The van der Waals surface area contributed by atoms with Crippen LogP contribution in [0.2, 0.25) is 0 Å². The fraction of sp³-hybridized carbons (Fsp3) is 0.294. The summed E-state index contributed by atoms with van der Waals surface area (Å²) >= 11 is 0. The number of hydrogen-bond acceptors (Lipinski definition) is 4. The zero-order chi connectivity index (χ0) is 15.9. The lowest BCUT2D eigenvalue weighted by Crippen LogP contribution is -2.31. The average molecular weight is 299 g/mol. The number of benzene rings is 1. The van der Waals surface area contributed by atoms with Gasteiger partial charge in [-0.2, -0.15) is 0 Å². The van der Waals surface area contributed by atoms with Gasteiger partial charge < -0.3 is 15.4 Å². The number of para-hydroxylation sites is 1. The highest BCUT2D eigenvalue weighted by atomic mass is 16.5. The lowest BCUT2D eigenvalue weighted by molar-refractivity contribution is -0.120. The number of carbonyl (C=O) groups is 1. The van der Waals surface area contributed by atoms with Crippen molar-refractivity contribution in [3.63, 3.8) is 0 Å². The lowest BCUT2D eigenvalue weighted by Gasteiger charge is -2.14. The number of rotatable bonds is 6. The van der Waals surface area contributed by atoms with Crippen LogP contribution in [0.15, 0.2) is 36.5 Å². The average Bonchev–Trinajstić information content (AvgIpc) is 2.50. The molecule has 0 saturated heterocycles. The van der Waals surface area contributed by atoms with Gasteiger partial charge in [-0.1, -0.05) is 24.3 Å². The summed E-state index contributed by atoms with van der Waals surface area (Å²) < 4.78 is 5.99. The quantitative estimate of drug-likeness (QED) is 0.859. The van der Waals surface area contributed by atoms with Gasteiger partial charge in [-0.3, -0.25) is 4.79 Å². The third-order valence-electron chi connectivity index (χ3n) is 3.27. The molecule has 0 spiro atoms. The van der Waals surface area contributed by atoms with Gasteiger partial charge in [0.2, 0.25) is 11.8 Å². The number of aryl methyl sites for hydroxylation is 2. The zero-order valence-electron chi connectivity index (χ0n) is 13.1. The maximum atomic E-state index is 11.6. The Bertz CT molecular complexity index is 636. The van der Waals surface area contributed by atoms with Crippen molar-refractivity contribution in [2.75, 3.05) is 13.6 Å². The van der Waals surface area contributed by atoms with Crippen molar-refractivity contribution < 1.29 is 9.53 Å². The molecule has 1 heterocycles. The fourth-order valence-corrected chi connectivity index (χ4v) is 2.12. The number of nitrogens with one attached hydrogen (secondary N) is 2. The summed E-state index contributed by atoms with van der Waals surface area (Å²) in [7, 11) is 1.74. The molecule has 1 amide bonds. The van der Waals surface area contributed by atoms with E-state index >= 15 is 0 Å². The number of likely N-dealkylation sites (N-methyl/N-ethyl adjacent to an activating group) is 1. The molecule has 2 rings (SSSR count). The first-order valence-electron chi connectivity index (χ1n) is 7.21. The Morgan fingerprint density at radius 2 is 1.91 bits per heavy atom. The summed E-state index contributed by atoms with van der Waals surface area (Å²) in [6, 6.07) is 9.72. The van der Waals surface area contributed by atoms with Crippen LogP contribution in [0.3, 0.4) is 0 Å². The van der Waals surface area contributed by atoms with Crippen molar-refractivity contribution in [2.24, 2.45) is 0 Å². The van der Waals surface area contributed by atoms with E-state index < -0.39 is 0 Å². The maximum absolute atomic E-state index is 11.6. The Hall–Kier alpha value is -2.40. The molecule has 0 fully saturated rings. The van der Waals surface area contributed by atoms with Crippen LogP contribution in [0, 0.1) is 13.8 Å². The van der Waals surface area contributed by atoms with Crippen LogP contribution in [-0.2, 0) is 11.3 Å². The minimum absolute atomic E-state index is 0.0654. The molecule has 1 aromatic carbocycles. The van der Waals surface area contributed by atoms with Gasteiger partial charge in [0.25, 0.3) is 0 Å². The van der Waals surface area contributed by atoms with Gasteiger partial charge in [0.15, 0.2) is 0 Å². The van der Waals surface area contributed by atoms with E-state index in [1.165, 1.54) is 0 Å². The third-order valence-corrected chi connectivity index (χ3v) is 3.27. The van der Waals surface area contributed by atoms with Crippen LogP contribution >= 0.6 is 0 Å². The smallest absolute Gasteiger partial charge is 0.234 e. The standard InChI is InChI=1S/C17H21N3O2/c1-12-6-4-7-13(2)16(12)22-17-14(8-5-9-19-17)10-20-15(21)11-18-3/h4-9,18H,10-11H2,1-3H3,(H,20,21). The van der Waals surface area contributed by atoms with Crippen LogP contribution in [0.25, 0.3) is 0 Å². The van der Waals surface area contributed by atoms with Gasteiger partial charge in [-0.15, -0.1) is 0 Å². The number of carbonyl (C=O) groups excluding carboxylic acids is 1.